The van der Waals surface area contributed by atoms with E-state index < -0.39 is 0 Å². The predicted molar refractivity (Wildman–Crippen MR) is 87.2 cm³/mol. The average molecular weight is 294 g/mol. The largest absolute Gasteiger partial charge is 0.459 e. The minimum atomic E-state index is -0.153. The molecule has 2 heterocycles. The van der Waals surface area contributed by atoms with E-state index >= 15 is 0 Å². The van der Waals surface area contributed by atoms with Gasteiger partial charge in [0, 0.05) is 10.1 Å². The molecule has 0 aliphatic rings. The fourth-order valence-corrected chi connectivity index (χ4v) is 3.66. The van der Waals surface area contributed by atoms with Crippen molar-refractivity contribution in [2.75, 3.05) is 0 Å². The molecule has 4 rings (SSSR count). The number of fused-ring (bicyclic) bond motifs is 2. The van der Waals surface area contributed by atoms with E-state index in [-0.39, 0.29) is 6.04 Å². The van der Waals surface area contributed by atoms with Crippen LogP contribution in [0.3, 0.4) is 0 Å². The normalized spacial score (nSPS) is 13.0. The van der Waals surface area contributed by atoms with Crippen molar-refractivity contribution < 1.29 is 4.42 Å². The highest BCUT2D eigenvalue weighted by atomic mass is 32.1. The maximum atomic E-state index is 5.96. The number of nitrogens with one attached hydrogen (secondary N) is 1. The summed E-state index contributed by atoms with van der Waals surface area (Å²) in [7, 11) is 0. The van der Waals surface area contributed by atoms with Gasteiger partial charge < -0.3 is 4.42 Å². The number of benzene rings is 2. The zero-order chi connectivity index (χ0) is 14.2. The van der Waals surface area contributed by atoms with Crippen molar-refractivity contribution in [3.05, 3.63) is 71.3 Å². The van der Waals surface area contributed by atoms with E-state index in [0.717, 1.165) is 22.3 Å². The van der Waals surface area contributed by atoms with Gasteiger partial charge in [0.25, 0.3) is 0 Å². The minimum Gasteiger partial charge on any atom is -0.459 e. The van der Waals surface area contributed by atoms with Crippen LogP contribution < -0.4 is 11.3 Å². The van der Waals surface area contributed by atoms with Crippen molar-refractivity contribution in [2.24, 2.45) is 5.84 Å². The summed E-state index contributed by atoms with van der Waals surface area (Å²) in [5, 5.41) is 4.42. The molecular weight excluding hydrogens is 280 g/mol. The molecule has 0 amide bonds. The van der Waals surface area contributed by atoms with Crippen LogP contribution in [0, 0.1) is 0 Å². The molecule has 104 valence electrons. The topological polar surface area (TPSA) is 51.2 Å². The Morgan fingerprint density at radius 3 is 2.71 bits per heavy atom. The molecule has 0 saturated heterocycles. The number of hydrazine groups is 1. The predicted octanol–water partition coefficient (Wildman–Crippen LogP) is 4.20. The van der Waals surface area contributed by atoms with Crippen LogP contribution in [-0.2, 0) is 0 Å². The molecule has 0 radical (unpaired) electrons. The first-order valence-corrected chi connectivity index (χ1v) is 7.65. The van der Waals surface area contributed by atoms with Crippen LogP contribution in [0.4, 0.5) is 0 Å². The van der Waals surface area contributed by atoms with Crippen LogP contribution in [0.2, 0.25) is 0 Å². The van der Waals surface area contributed by atoms with Gasteiger partial charge in [0.2, 0.25) is 0 Å². The van der Waals surface area contributed by atoms with E-state index in [1.807, 2.05) is 30.3 Å². The molecule has 0 fully saturated rings. The molecule has 2 aromatic carbocycles. The van der Waals surface area contributed by atoms with Crippen LogP contribution in [-0.4, -0.2) is 0 Å². The summed E-state index contributed by atoms with van der Waals surface area (Å²) in [5.41, 5.74) is 4.91. The van der Waals surface area contributed by atoms with Crippen LogP contribution in [0.5, 0.6) is 0 Å². The summed E-state index contributed by atoms with van der Waals surface area (Å²) in [4.78, 5) is 0. The van der Waals surface area contributed by atoms with Crippen molar-refractivity contribution >= 4 is 32.4 Å². The highest BCUT2D eigenvalue weighted by Crippen LogP contribution is 2.34. The summed E-state index contributed by atoms with van der Waals surface area (Å²) in [6.07, 6.45) is 0. The number of hydrogen-bond acceptors (Lipinski definition) is 4. The Balaban J connectivity index is 1.89. The number of furan rings is 1. The fourth-order valence-electron chi connectivity index (χ4n) is 2.71. The van der Waals surface area contributed by atoms with Crippen LogP contribution in [0.1, 0.15) is 17.4 Å². The number of rotatable bonds is 3. The zero-order valence-corrected chi connectivity index (χ0v) is 12.1. The summed E-state index contributed by atoms with van der Waals surface area (Å²) in [6.45, 7) is 0. The average Bonchev–Trinajstić information content (AvgIpc) is 3.14. The quantitative estimate of drug-likeness (QED) is 0.440. The number of hydrogen-bond donors (Lipinski definition) is 2. The Morgan fingerprint density at radius 1 is 1.00 bits per heavy atom. The van der Waals surface area contributed by atoms with Gasteiger partial charge in [0.05, 0.1) is 0 Å². The van der Waals surface area contributed by atoms with E-state index in [1.54, 1.807) is 11.3 Å². The highest BCUT2D eigenvalue weighted by Gasteiger charge is 2.19. The van der Waals surface area contributed by atoms with Crippen molar-refractivity contribution in [3.63, 3.8) is 0 Å². The number of nitrogens with two attached hydrogens (primary N) is 1. The molecule has 4 heteroatoms. The first-order valence-electron chi connectivity index (χ1n) is 6.77. The molecular formula is C17H14N2OS. The Kier molecular flexibility index (Phi) is 3.00. The van der Waals surface area contributed by atoms with E-state index in [4.69, 9.17) is 10.3 Å². The highest BCUT2D eigenvalue weighted by molar-refractivity contribution is 7.17. The van der Waals surface area contributed by atoms with Gasteiger partial charge in [-0.15, -0.1) is 11.3 Å². The minimum absolute atomic E-state index is 0.153. The second kappa shape index (κ2) is 5.00. The fraction of sp³-hybridized carbons (Fsp3) is 0.0588. The Morgan fingerprint density at radius 2 is 1.86 bits per heavy atom. The summed E-state index contributed by atoms with van der Waals surface area (Å²) < 4.78 is 7.20. The lowest BCUT2D eigenvalue weighted by molar-refractivity contribution is 0.479. The standard InChI is InChI=1S/C17H14N2OS/c18-19-16(13-6-3-5-11-8-9-21-17(11)13)15-10-12-4-1-2-7-14(12)20-15/h1-10,16,19H,18H2. The molecule has 0 aliphatic carbocycles. The van der Waals surface area contributed by atoms with Gasteiger partial charge in [-0.1, -0.05) is 36.4 Å². The van der Waals surface area contributed by atoms with Crippen molar-refractivity contribution in [1.29, 1.82) is 0 Å². The molecule has 3 N–H and O–H groups in total. The van der Waals surface area contributed by atoms with Gasteiger partial charge >= 0.3 is 0 Å². The second-order valence-corrected chi connectivity index (χ2v) is 5.89. The molecule has 2 aromatic heterocycles. The van der Waals surface area contributed by atoms with E-state index in [2.05, 4.69) is 35.1 Å². The van der Waals surface area contributed by atoms with Gasteiger partial charge in [-0.25, -0.2) is 5.43 Å². The van der Waals surface area contributed by atoms with Gasteiger partial charge in [0.1, 0.15) is 17.4 Å². The second-order valence-electron chi connectivity index (χ2n) is 4.97. The van der Waals surface area contributed by atoms with Gasteiger partial charge in [-0.3, -0.25) is 5.84 Å². The lowest BCUT2D eigenvalue weighted by Gasteiger charge is -2.14. The SMILES string of the molecule is NNC(c1cc2ccccc2o1)c1cccc2ccsc12. The molecule has 0 bridgehead atoms. The third kappa shape index (κ3) is 2.05. The van der Waals surface area contributed by atoms with Crippen molar-refractivity contribution in [3.8, 4) is 0 Å². The summed E-state index contributed by atoms with van der Waals surface area (Å²) >= 11 is 1.72. The molecule has 3 nitrogen and oxygen atoms in total. The maximum absolute atomic E-state index is 5.96. The van der Waals surface area contributed by atoms with Crippen LogP contribution in [0.15, 0.2) is 64.4 Å². The van der Waals surface area contributed by atoms with E-state index in [9.17, 15) is 0 Å². The molecule has 0 spiro atoms. The number of para-hydroxylation sites is 1. The van der Waals surface area contributed by atoms with Crippen molar-refractivity contribution in [1.82, 2.24) is 5.43 Å². The summed E-state index contributed by atoms with van der Waals surface area (Å²) in [5.74, 6) is 6.65. The zero-order valence-electron chi connectivity index (χ0n) is 11.2. The Bertz CT molecular complexity index is 876. The molecule has 1 unspecified atom stereocenters. The lowest BCUT2D eigenvalue weighted by atomic mass is 10.0. The third-order valence-electron chi connectivity index (χ3n) is 3.72. The van der Waals surface area contributed by atoms with Gasteiger partial charge in [-0.05, 0) is 34.5 Å². The molecule has 4 aromatic rings. The number of thiophene rings is 1. The molecule has 0 saturated carbocycles. The van der Waals surface area contributed by atoms with Gasteiger partial charge in [0.15, 0.2) is 0 Å². The molecule has 1 atom stereocenters. The van der Waals surface area contributed by atoms with E-state index in [1.165, 1.54) is 10.1 Å². The molecule has 21 heavy (non-hydrogen) atoms. The Labute approximate surface area is 126 Å². The third-order valence-corrected chi connectivity index (χ3v) is 4.70. The first-order chi connectivity index (χ1) is 10.4. The lowest BCUT2D eigenvalue weighted by Crippen LogP contribution is -2.28. The van der Waals surface area contributed by atoms with Crippen LogP contribution >= 0.6 is 11.3 Å². The van der Waals surface area contributed by atoms with Crippen LogP contribution in [0.25, 0.3) is 21.1 Å². The maximum Gasteiger partial charge on any atom is 0.134 e. The smallest absolute Gasteiger partial charge is 0.134 e. The van der Waals surface area contributed by atoms with E-state index in [0.29, 0.717) is 0 Å². The summed E-state index contributed by atoms with van der Waals surface area (Å²) in [6, 6.07) is 18.3. The monoisotopic (exact) mass is 294 g/mol. The Hall–Kier alpha value is -2.14. The van der Waals surface area contributed by atoms with Gasteiger partial charge in [-0.2, -0.15) is 0 Å². The molecule has 0 aliphatic heterocycles. The first kappa shape index (κ1) is 12.6. The van der Waals surface area contributed by atoms with Crippen molar-refractivity contribution in [2.45, 2.75) is 6.04 Å².